The molecule has 33 heavy (non-hydrogen) atoms. The zero-order valence-electron chi connectivity index (χ0n) is 17.1. The molecule has 2 fully saturated rings. The highest BCUT2D eigenvalue weighted by molar-refractivity contribution is 6.01. The van der Waals surface area contributed by atoms with E-state index in [1.54, 1.807) is 17.0 Å². The van der Waals surface area contributed by atoms with Crippen LogP contribution in [0.5, 0.6) is 0 Å². The summed E-state index contributed by atoms with van der Waals surface area (Å²) in [6.45, 7) is 0. The first kappa shape index (κ1) is 21.2. The van der Waals surface area contributed by atoms with Crippen molar-refractivity contribution in [3.8, 4) is 11.1 Å². The number of carbonyl (C=O) groups is 1. The Labute approximate surface area is 185 Å². The summed E-state index contributed by atoms with van der Waals surface area (Å²) < 4.78 is 52.9. The van der Waals surface area contributed by atoms with Gasteiger partial charge in [-0.05, 0) is 37.5 Å². The van der Waals surface area contributed by atoms with Gasteiger partial charge in [0.25, 0.3) is 5.91 Å². The van der Waals surface area contributed by atoms with Crippen LogP contribution in [0.15, 0.2) is 49.1 Å². The van der Waals surface area contributed by atoms with Crippen LogP contribution in [0.3, 0.4) is 0 Å². The maximum Gasteiger partial charge on any atom is 0.434 e. The van der Waals surface area contributed by atoms with Crippen LogP contribution in [0.4, 0.5) is 23.4 Å². The lowest BCUT2D eigenvalue weighted by Gasteiger charge is -2.26. The topological polar surface area (TPSA) is 83.9 Å². The van der Waals surface area contributed by atoms with Crippen LogP contribution < -0.4 is 5.32 Å². The van der Waals surface area contributed by atoms with Crippen LogP contribution in [0.1, 0.15) is 35.3 Å². The van der Waals surface area contributed by atoms with Crippen molar-refractivity contribution in [3.63, 3.8) is 0 Å². The Morgan fingerprint density at radius 1 is 1.06 bits per heavy atom. The lowest BCUT2D eigenvalue weighted by atomic mass is 9.95. The Balaban J connectivity index is 1.39. The van der Waals surface area contributed by atoms with E-state index in [4.69, 9.17) is 0 Å². The third kappa shape index (κ3) is 3.87. The normalized spacial score (nSPS) is 21.9. The minimum absolute atomic E-state index is 0.0610. The lowest BCUT2D eigenvalue weighted by molar-refractivity contribution is -0.141. The van der Waals surface area contributed by atoms with Gasteiger partial charge in [0.2, 0.25) is 0 Å². The number of hydrogen-bond donors (Lipinski definition) is 1. The number of halogens is 4. The van der Waals surface area contributed by atoms with Crippen LogP contribution >= 0.6 is 0 Å². The molecular formula is C22H18F4N6O. The number of rotatable bonds is 4. The van der Waals surface area contributed by atoms with Gasteiger partial charge in [0, 0.05) is 17.2 Å². The predicted octanol–water partition coefficient (Wildman–Crippen LogP) is 3.95. The van der Waals surface area contributed by atoms with Crippen LogP contribution in [0.2, 0.25) is 0 Å². The average molecular weight is 458 g/mol. The van der Waals surface area contributed by atoms with Crippen molar-refractivity contribution in [1.82, 2.24) is 25.1 Å². The third-order valence-electron chi connectivity index (χ3n) is 6.16. The molecule has 7 nitrogen and oxygen atoms in total. The summed E-state index contributed by atoms with van der Waals surface area (Å²) in [6.07, 6.45) is 2.14. The van der Waals surface area contributed by atoms with Crippen LogP contribution in [0.25, 0.3) is 11.1 Å². The fourth-order valence-electron chi connectivity index (χ4n) is 4.77. The van der Waals surface area contributed by atoms with E-state index in [9.17, 15) is 22.4 Å². The number of carbonyl (C=O) groups excluding carboxylic acids is 1. The number of alkyl halides is 3. The first-order valence-electron chi connectivity index (χ1n) is 10.4. The van der Waals surface area contributed by atoms with Gasteiger partial charge >= 0.3 is 6.18 Å². The number of nitrogens with one attached hydrogen (secondary N) is 1. The first-order chi connectivity index (χ1) is 15.8. The lowest BCUT2D eigenvalue weighted by Crippen LogP contribution is -2.40. The highest BCUT2D eigenvalue weighted by Crippen LogP contribution is 2.41. The van der Waals surface area contributed by atoms with Gasteiger partial charge in [-0.15, -0.1) is 0 Å². The molecule has 0 radical (unpaired) electrons. The number of nitrogens with zero attached hydrogens (tertiary/aromatic N) is 5. The molecule has 0 spiro atoms. The van der Waals surface area contributed by atoms with E-state index in [1.807, 2.05) is 0 Å². The number of amides is 1. The van der Waals surface area contributed by atoms with Gasteiger partial charge in [0.15, 0.2) is 5.69 Å². The van der Waals surface area contributed by atoms with Crippen LogP contribution in [0, 0.1) is 5.82 Å². The molecule has 2 aromatic heterocycles. The van der Waals surface area contributed by atoms with E-state index in [1.165, 1.54) is 24.5 Å². The molecule has 2 bridgehead atoms. The van der Waals surface area contributed by atoms with Gasteiger partial charge in [-0.3, -0.25) is 4.79 Å². The fraction of sp³-hybridized carbons (Fsp3) is 0.318. The van der Waals surface area contributed by atoms with Crippen molar-refractivity contribution in [2.45, 2.75) is 43.6 Å². The van der Waals surface area contributed by atoms with Gasteiger partial charge in [0.05, 0.1) is 42.4 Å². The van der Waals surface area contributed by atoms with E-state index in [-0.39, 0.29) is 41.0 Å². The highest BCUT2D eigenvalue weighted by atomic mass is 19.4. The molecule has 3 atom stereocenters. The third-order valence-corrected chi connectivity index (χ3v) is 6.16. The number of benzene rings is 1. The molecule has 0 unspecified atom stereocenters. The molecule has 1 amide bonds. The van der Waals surface area contributed by atoms with E-state index >= 15 is 0 Å². The van der Waals surface area contributed by atoms with Crippen molar-refractivity contribution in [3.05, 3.63) is 66.1 Å². The number of fused-ring (bicyclic) bond motifs is 2. The molecule has 1 aromatic carbocycles. The SMILES string of the molecule is O=C(c1cccc(F)c1-c1ccnnc1)N1[C@@H]2CC[C@H]1[C@H](Nc1cnc(C(F)(F)F)cn1)C2. The molecule has 5 rings (SSSR count). The van der Waals surface area contributed by atoms with E-state index < -0.39 is 17.7 Å². The molecular weight excluding hydrogens is 440 g/mol. The molecule has 0 aliphatic carbocycles. The van der Waals surface area contributed by atoms with Gasteiger partial charge < -0.3 is 10.2 Å². The smallest absolute Gasteiger partial charge is 0.364 e. The van der Waals surface area contributed by atoms with Gasteiger partial charge in [0.1, 0.15) is 11.6 Å². The maximum atomic E-state index is 14.7. The van der Waals surface area contributed by atoms with Crippen LogP contribution in [-0.2, 0) is 6.18 Å². The van der Waals surface area contributed by atoms with Crippen LogP contribution in [-0.4, -0.2) is 49.1 Å². The summed E-state index contributed by atoms with van der Waals surface area (Å²) in [4.78, 5) is 22.6. The van der Waals surface area contributed by atoms with Crippen molar-refractivity contribution in [1.29, 1.82) is 0 Å². The Morgan fingerprint density at radius 3 is 2.61 bits per heavy atom. The van der Waals surface area contributed by atoms with Gasteiger partial charge in [-0.2, -0.15) is 23.4 Å². The molecule has 2 aliphatic rings. The standard InChI is InChI=1S/C22H18F4N6O/c23-15-3-1-2-14(20(15)12-6-7-29-30-9-12)21(33)32-13-4-5-17(32)16(8-13)31-19-11-27-18(10-28-19)22(24,25)26/h1-3,6-7,9-11,13,16-17H,4-5,8H2,(H,28,31)/t13-,16-,17+/m1/s1. The zero-order valence-corrected chi connectivity index (χ0v) is 17.1. The van der Waals surface area contributed by atoms with E-state index in [2.05, 4.69) is 25.5 Å². The van der Waals surface area contributed by atoms with Gasteiger partial charge in [-0.25, -0.2) is 14.4 Å². The second-order valence-electron chi connectivity index (χ2n) is 8.08. The summed E-state index contributed by atoms with van der Waals surface area (Å²) in [5, 5.41) is 10.6. The summed E-state index contributed by atoms with van der Waals surface area (Å²) in [7, 11) is 0. The quantitative estimate of drug-likeness (QED) is 0.596. The molecule has 0 saturated carbocycles. The van der Waals surface area contributed by atoms with E-state index in [0.29, 0.717) is 18.2 Å². The average Bonchev–Trinajstić information content (AvgIpc) is 3.36. The monoisotopic (exact) mass is 458 g/mol. The predicted molar refractivity (Wildman–Crippen MR) is 109 cm³/mol. The maximum absolute atomic E-state index is 14.7. The summed E-state index contributed by atoms with van der Waals surface area (Å²) >= 11 is 0. The largest absolute Gasteiger partial charge is 0.434 e. The summed E-state index contributed by atoms with van der Waals surface area (Å²) in [5.74, 6) is -0.617. The molecule has 1 N–H and O–H groups in total. The molecule has 2 aliphatic heterocycles. The summed E-state index contributed by atoms with van der Waals surface area (Å²) in [5.41, 5.74) is -0.216. The number of anilines is 1. The molecule has 4 heterocycles. The van der Waals surface area contributed by atoms with Gasteiger partial charge in [-0.1, -0.05) is 6.07 Å². The number of hydrogen-bond acceptors (Lipinski definition) is 6. The number of aromatic nitrogens is 4. The Hall–Kier alpha value is -3.63. The Morgan fingerprint density at radius 2 is 1.91 bits per heavy atom. The molecule has 170 valence electrons. The second-order valence-corrected chi connectivity index (χ2v) is 8.08. The molecule has 11 heteroatoms. The Kier molecular flexibility index (Phi) is 5.18. The second kappa shape index (κ2) is 8.05. The Bertz CT molecular complexity index is 1170. The highest BCUT2D eigenvalue weighted by Gasteiger charge is 2.49. The van der Waals surface area contributed by atoms with Crippen molar-refractivity contribution >= 4 is 11.7 Å². The van der Waals surface area contributed by atoms with E-state index in [0.717, 1.165) is 19.0 Å². The minimum Gasteiger partial charge on any atom is -0.364 e. The zero-order chi connectivity index (χ0) is 23.2. The van der Waals surface area contributed by atoms with Crippen molar-refractivity contribution in [2.75, 3.05) is 5.32 Å². The molecule has 3 aromatic rings. The minimum atomic E-state index is -4.56. The summed E-state index contributed by atoms with van der Waals surface area (Å²) in [6, 6.07) is 5.51. The van der Waals surface area contributed by atoms with Crippen molar-refractivity contribution in [2.24, 2.45) is 0 Å². The first-order valence-corrected chi connectivity index (χ1v) is 10.4. The van der Waals surface area contributed by atoms with Crippen molar-refractivity contribution < 1.29 is 22.4 Å². The fourth-order valence-corrected chi connectivity index (χ4v) is 4.77. The molecule has 2 saturated heterocycles.